The topological polar surface area (TPSA) is 40.6 Å². The zero-order valence-electron chi connectivity index (χ0n) is 19.0. The molecule has 2 heterocycles. The van der Waals surface area contributed by atoms with Crippen LogP contribution in [0.15, 0.2) is 54.2 Å². The van der Waals surface area contributed by atoms with E-state index in [1.807, 2.05) is 48.5 Å². The van der Waals surface area contributed by atoms with Crippen molar-refractivity contribution in [2.45, 2.75) is 40.5 Å². The maximum absolute atomic E-state index is 13.6. The molecule has 162 valence electrons. The molecule has 2 aliphatic heterocycles. The number of hydrogen-bond donors (Lipinski definition) is 0. The quantitative estimate of drug-likeness (QED) is 0.669. The van der Waals surface area contributed by atoms with Crippen LogP contribution >= 0.6 is 0 Å². The number of imide groups is 1. The highest BCUT2D eigenvalue weighted by Crippen LogP contribution is 2.35. The Bertz CT molecular complexity index is 1010. The van der Waals surface area contributed by atoms with Gasteiger partial charge >= 0.3 is 0 Å². The monoisotopic (exact) mass is 416 g/mol. The van der Waals surface area contributed by atoms with Gasteiger partial charge in [-0.15, -0.1) is 0 Å². The summed E-state index contributed by atoms with van der Waals surface area (Å²) in [4.78, 5) is 30.8. The molecule has 2 unspecified atom stereocenters. The Labute approximate surface area is 185 Å². The molecule has 0 aliphatic carbocycles. The lowest BCUT2D eigenvalue weighted by Gasteiger charge is -2.37. The van der Waals surface area contributed by atoms with E-state index in [0.717, 1.165) is 36.2 Å². The molecular formula is C27H32N2O2. The summed E-state index contributed by atoms with van der Waals surface area (Å²) in [7, 11) is 0. The molecule has 0 radical (unpaired) electrons. The number of rotatable bonds is 5. The van der Waals surface area contributed by atoms with Crippen molar-refractivity contribution in [2.75, 3.05) is 19.6 Å². The molecule has 0 saturated carbocycles. The number of nitrogens with zero attached hydrogens (tertiary/aromatic N) is 2. The van der Waals surface area contributed by atoms with Crippen LogP contribution in [-0.4, -0.2) is 41.2 Å². The van der Waals surface area contributed by atoms with E-state index in [0.29, 0.717) is 36.1 Å². The van der Waals surface area contributed by atoms with Gasteiger partial charge in [-0.3, -0.25) is 14.5 Å². The lowest BCUT2D eigenvalue weighted by molar-refractivity contribution is -0.137. The smallest absolute Gasteiger partial charge is 0.277 e. The number of carbonyl (C=O) groups excluding carboxylic acids is 2. The number of hydrogen-bond acceptors (Lipinski definition) is 3. The largest absolute Gasteiger partial charge is 0.366 e. The summed E-state index contributed by atoms with van der Waals surface area (Å²) in [6.07, 6.45) is 1.82. The number of benzene rings is 2. The predicted molar refractivity (Wildman–Crippen MR) is 124 cm³/mol. The van der Waals surface area contributed by atoms with Crippen LogP contribution in [0.2, 0.25) is 0 Å². The molecule has 1 saturated heterocycles. The van der Waals surface area contributed by atoms with E-state index in [1.165, 1.54) is 10.5 Å². The van der Waals surface area contributed by atoms with E-state index in [9.17, 15) is 9.59 Å². The van der Waals surface area contributed by atoms with Crippen LogP contribution in [0.1, 0.15) is 42.5 Å². The van der Waals surface area contributed by atoms with E-state index in [1.54, 1.807) is 0 Å². The van der Waals surface area contributed by atoms with Gasteiger partial charge in [0.25, 0.3) is 11.8 Å². The Balaban J connectivity index is 1.71. The van der Waals surface area contributed by atoms with Gasteiger partial charge in [-0.25, -0.2) is 0 Å². The van der Waals surface area contributed by atoms with Crippen LogP contribution in [0.4, 0.5) is 0 Å². The highest BCUT2D eigenvalue weighted by atomic mass is 16.2. The van der Waals surface area contributed by atoms with E-state index in [2.05, 4.69) is 32.6 Å². The van der Waals surface area contributed by atoms with Crippen molar-refractivity contribution in [3.63, 3.8) is 0 Å². The van der Waals surface area contributed by atoms with Crippen molar-refractivity contribution < 1.29 is 9.59 Å². The molecule has 2 atom stereocenters. The molecule has 4 nitrogen and oxygen atoms in total. The second-order valence-corrected chi connectivity index (χ2v) is 9.37. The first kappa shape index (κ1) is 21.4. The molecule has 0 aromatic heterocycles. The molecule has 2 aromatic carbocycles. The van der Waals surface area contributed by atoms with Crippen molar-refractivity contribution in [3.8, 4) is 0 Å². The van der Waals surface area contributed by atoms with Crippen LogP contribution in [-0.2, 0) is 16.0 Å². The van der Waals surface area contributed by atoms with Crippen molar-refractivity contribution in [1.29, 1.82) is 0 Å². The lowest BCUT2D eigenvalue weighted by Crippen LogP contribution is -2.42. The summed E-state index contributed by atoms with van der Waals surface area (Å²) >= 11 is 0. The first-order valence-corrected chi connectivity index (χ1v) is 11.3. The average molecular weight is 417 g/mol. The van der Waals surface area contributed by atoms with E-state index < -0.39 is 0 Å². The van der Waals surface area contributed by atoms with Crippen LogP contribution in [0.3, 0.4) is 0 Å². The summed E-state index contributed by atoms with van der Waals surface area (Å²) < 4.78 is 0. The second kappa shape index (κ2) is 8.70. The van der Waals surface area contributed by atoms with E-state index in [-0.39, 0.29) is 11.8 Å². The molecule has 0 bridgehead atoms. The zero-order chi connectivity index (χ0) is 22.1. The van der Waals surface area contributed by atoms with Crippen LogP contribution in [0.5, 0.6) is 0 Å². The molecule has 0 N–H and O–H groups in total. The second-order valence-electron chi connectivity index (χ2n) is 9.37. The minimum Gasteiger partial charge on any atom is -0.366 e. The molecule has 4 rings (SSSR count). The van der Waals surface area contributed by atoms with Gasteiger partial charge in [0.15, 0.2) is 0 Å². The van der Waals surface area contributed by atoms with Gasteiger partial charge in [0.05, 0.1) is 5.57 Å². The molecule has 1 fully saturated rings. The maximum Gasteiger partial charge on any atom is 0.277 e. The molecule has 2 aromatic rings. The molecule has 0 spiro atoms. The number of amides is 2. The third-order valence-corrected chi connectivity index (χ3v) is 6.59. The third kappa shape index (κ3) is 4.30. The van der Waals surface area contributed by atoms with Gasteiger partial charge < -0.3 is 4.90 Å². The Hall–Kier alpha value is -2.88. The van der Waals surface area contributed by atoms with E-state index in [4.69, 9.17) is 0 Å². The predicted octanol–water partition coefficient (Wildman–Crippen LogP) is 4.60. The molecule has 2 aliphatic rings. The lowest BCUT2D eigenvalue weighted by atomic mass is 9.90. The highest BCUT2D eigenvalue weighted by Gasteiger charge is 2.42. The summed E-state index contributed by atoms with van der Waals surface area (Å²) in [6, 6.07) is 16.1. The van der Waals surface area contributed by atoms with Gasteiger partial charge in [-0.05, 0) is 60.8 Å². The van der Waals surface area contributed by atoms with Gasteiger partial charge in [0, 0.05) is 19.6 Å². The molecule has 4 heteroatoms. The third-order valence-electron chi connectivity index (χ3n) is 6.59. The van der Waals surface area contributed by atoms with Crippen LogP contribution < -0.4 is 0 Å². The van der Waals surface area contributed by atoms with Gasteiger partial charge in [-0.1, -0.05) is 62.4 Å². The number of likely N-dealkylation sites (tertiary alicyclic amines) is 1. The maximum atomic E-state index is 13.6. The Morgan fingerprint density at radius 3 is 2.19 bits per heavy atom. The van der Waals surface area contributed by atoms with E-state index >= 15 is 0 Å². The fourth-order valence-electron chi connectivity index (χ4n) is 4.95. The highest BCUT2D eigenvalue weighted by molar-refractivity contribution is 6.35. The van der Waals surface area contributed by atoms with Crippen molar-refractivity contribution in [2.24, 2.45) is 11.8 Å². The normalized spacial score (nSPS) is 21.9. The van der Waals surface area contributed by atoms with Gasteiger partial charge in [0.1, 0.15) is 5.70 Å². The number of piperidine rings is 1. The fourth-order valence-corrected chi connectivity index (χ4v) is 4.95. The summed E-state index contributed by atoms with van der Waals surface area (Å²) in [5.74, 6) is 0.692. The number of carbonyl (C=O) groups is 2. The first-order chi connectivity index (χ1) is 14.8. The molecular weight excluding hydrogens is 384 g/mol. The van der Waals surface area contributed by atoms with Crippen LogP contribution in [0, 0.1) is 25.7 Å². The first-order valence-electron chi connectivity index (χ1n) is 11.3. The summed E-state index contributed by atoms with van der Waals surface area (Å²) in [6.45, 7) is 10.6. The molecule has 31 heavy (non-hydrogen) atoms. The summed E-state index contributed by atoms with van der Waals surface area (Å²) in [5, 5.41) is 0. The Kier molecular flexibility index (Phi) is 5.99. The number of aryl methyl sites for hydroxylation is 2. The minimum atomic E-state index is -0.162. The van der Waals surface area contributed by atoms with Crippen molar-refractivity contribution in [1.82, 2.24) is 9.80 Å². The standard InChI is InChI=1S/C27H32N2O2/c1-18-14-19(2)17-28(16-18)25-24(23-11-10-20(3)21(4)15-23)26(30)29(27(25)31)13-12-22-8-6-5-7-9-22/h5-11,15,18-19H,12-14,16-17H2,1-4H3. The Morgan fingerprint density at radius 1 is 0.871 bits per heavy atom. The Morgan fingerprint density at radius 2 is 1.55 bits per heavy atom. The van der Waals surface area contributed by atoms with Crippen molar-refractivity contribution >= 4 is 17.4 Å². The SMILES string of the molecule is Cc1ccc(C2=C(N3CC(C)CC(C)C3)C(=O)N(CCc3ccccc3)C2=O)cc1C. The average Bonchev–Trinajstić information content (AvgIpc) is 2.98. The zero-order valence-corrected chi connectivity index (χ0v) is 19.0. The van der Waals surface area contributed by atoms with Gasteiger partial charge in [0.2, 0.25) is 0 Å². The van der Waals surface area contributed by atoms with Crippen molar-refractivity contribution in [3.05, 3.63) is 76.5 Å². The fraction of sp³-hybridized carbons (Fsp3) is 0.407. The minimum absolute atomic E-state index is 0.143. The van der Waals surface area contributed by atoms with Crippen LogP contribution in [0.25, 0.3) is 5.57 Å². The van der Waals surface area contributed by atoms with Gasteiger partial charge in [-0.2, -0.15) is 0 Å². The summed E-state index contributed by atoms with van der Waals surface area (Å²) in [5.41, 5.74) is 5.47. The molecule has 2 amide bonds.